The van der Waals surface area contributed by atoms with Crippen LogP contribution in [-0.4, -0.2) is 36.5 Å². The molecule has 0 heterocycles. The van der Waals surface area contributed by atoms with Gasteiger partial charge in [0, 0.05) is 6.04 Å². The highest BCUT2D eigenvalue weighted by Crippen LogP contribution is 2.14. The Hall–Kier alpha value is -1.14. The number of amides is 2. The standard InChI is InChI=1S/C11H24N4O2/c1-7(2)15-11(3,10(13)17)6-5-8(14-4)9(12)16/h7-8,14-15H,5-6H2,1-4H3,(H2,12,16)(H2,13,17). The van der Waals surface area contributed by atoms with Crippen LogP contribution < -0.4 is 22.1 Å². The number of likely N-dealkylation sites (N-methyl/N-ethyl adjacent to an activating group) is 1. The molecule has 0 radical (unpaired) electrons. The second kappa shape index (κ2) is 6.56. The third kappa shape index (κ3) is 5.14. The molecule has 17 heavy (non-hydrogen) atoms. The lowest BCUT2D eigenvalue weighted by molar-refractivity contribution is -0.125. The fourth-order valence-corrected chi connectivity index (χ4v) is 1.77. The zero-order valence-electron chi connectivity index (χ0n) is 11.0. The largest absolute Gasteiger partial charge is 0.368 e. The summed E-state index contributed by atoms with van der Waals surface area (Å²) in [7, 11) is 1.66. The van der Waals surface area contributed by atoms with Crippen LogP contribution in [0.15, 0.2) is 0 Å². The van der Waals surface area contributed by atoms with Crippen LogP contribution in [0.3, 0.4) is 0 Å². The third-order valence-corrected chi connectivity index (χ3v) is 2.78. The van der Waals surface area contributed by atoms with E-state index in [0.717, 1.165) is 0 Å². The fourth-order valence-electron chi connectivity index (χ4n) is 1.77. The van der Waals surface area contributed by atoms with E-state index in [1.54, 1.807) is 14.0 Å². The number of carbonyl (C=O) groups is 2. The lowest BCUT2D eigenvalue weighted by Crippen LogP contribution is -2.56. The highest BCUT2D eigenvalue weighted by Gasteiger charge is 2.32. The molecule has 0 aromatic rings. The quantitative estimate of drug-likeness (QED) is 0.442. The van der Waals surface area contributed by atoms with Crippen LogP contribution in [0.5, 0.6) is 0 Å². The van der Waals surface area contributed by atoms with E-state index in [2.05, 4.69) is 10.6 Å². The molecule has 6 N–H and O–H groups in total. The number of carbonyl (C=O) groups excluding carboxylic acids is 2. The number of hydrogen-bond acceptors (Lipinski definition) is 4. The summed E-state index contributed by atoms with van der Waals surface area (Å²) in [6.45, 7) is 5.61. The van der Waals surface area contributed by atoms with Crippen molar-refractivity contribution in [1.82, 2.24) is 10.6 Å². The molecule has 6 nitrogen and oxygen atoms in total. The van der Waals surface area contributed by atoms with Crippen LogP contribution in [0.25, 0.3) is 0 Å². The van der Waals surface area contributed by atoms with Gasteiger partial charge in [0.05, 0.1) is 11.6 Å². The number of hydrogen-bond donors (Lipinski definition) is 4. The van der Waals surface area contributed by atoms with E-state index in [4.69, 9.17) is 11.5 Å². The molecule has 0 fully saturated rings. The van der Waals surface area contributed by atoms with E-state index in [0.29, 0.717) is 12.8 Å². The fraction of sp³-hybridized carbons (Fsp3) is 0.818. The van der Waals surface area contributed by atoms with Crippen molar-refractivity contribution >= 4 is 11.8 Å². The van der Waals surface area contributed by atoms with Gasteiger partial charge in [0.15, 0.2) is 0 Å². The van der Waals surface area contributed by atoms with Crippen molar-refractivity contribution in [2.24, 2.45) is 11.5 Å². The highest BCUT2D eigenvalue weighted by atomic mass is 16.2. The van der Waals surface area contributed by atoms with Gasteiger partial charge in [-0.1, -0.05) is 0 Å². The van der Waals surface area contributed by atoms with Gasteiger partial charge in [-0.2, -0.15) is 0 Å². The molecule has 0 aromatic carbocycles. The van der Waals surface area contributed by atoms with Gasteiger partial charge in [0.1, 0.15) is 0 Å². The van der Waals surface area contributed by atoms with E-state index in [1.807, 2.05) is 13.8 Å². The van der Waals surface area contributed by atoms with Crippen molar-refractivity contribution < 1.29 is 9.59 Å². The molecule has 0 saturated carbocycles. The second-order valence-electron chi connectivity index (χ2n) is 4.78. The van der Waals surface area contributed by atoms with Gasteiger partial charge in [-0.25, -0.2) is 0 Å². The van der Waals surface area contributed by atoms with Crippen LogP contribution in [0, 0.1) is 0 Å². The molecule has 2 unspecified atom stereocenters. The zero-order chi connectivity index (χ0) is 13.6. The maximum Gasteiger partial charge on any atom is 0.237 e. The van der Waals surface area contributed by atoms with Crippen LogP contribution in [0.1, 0.15) is 33.6 Å². The van der Waals surface area contributed by atoms with E-state index in [-0.39, 0.29) is 6.04 Å². The average molecular weight is 244 g/mol. The molecule has 0 aliphatic heterocycles. The highest BCUT2D eigenvalue weighted by molar-refractivity contribution is 5.84. The molecule has 0 spiro atoms. The second-order valence-corrected chi connectivity index (χ2v) is 4.78. The maximum atomic E-state index is 11.5. The lowest BCUT2D eigenvalue weighted by atomic mass is 9.91. The van der Waals surface area contributed by atoms with E-state index >= 15 is 0 Å². The molecular weight excluding hydrogens is 220 g/mol. The minimum Gasteiger partial charge on any atom is -0.368 e. The normalized spacial score (nSPS) is 16.5. The summed E-state index contributed by atoms with van der Waals surface area (Å²) in [5.41, 5.74) is 9.78. The molecule has 0 aliphatic carbocycles. The summed E-state index contributed by atoms with van der Waals surface area (Å²) >= 11 is 0. The van der Waals surface area contributed by atoms with Crippen LogP contribution in [-0.2, 0) is 9.59 Å². The maximum absolute atomic E-state index is 11.5. The molecule has 0 saturated heterocycles. The lowest BCUT2D eigenvalue weighted by Gasteiger charge is -2.30. The summed E-state index contributed by atoms with van der Waals surface area (Å²) in [5, 5.41) is 5.93. The van der Waals surface area contributed by atoms with E-state index < -0.39 is 23.4 Å². The summed E-state index contributed by atoms with van der Waals surface area (Å²) in [4.78, 5) is 22.5. The summed E-state index contributed by atoms with van der Waals surface area (Å²) in [6, 6.07) is -0.309. The summed E-state index contributed by atoms with van der Waals surface area (Å²) in [6.07, 6.45) is 0.917. The van der Waals surface area contributed by atoms with Gasteiger partial charge in [0.2, 0.25) is 11.8 Å². The van der Waals surface area contributed by atoms with Crippen molar-refractivity contribution in [3.8, 4) is 0 Å². The van der Waals surface area contributed by atoms with Gasteiger partial charge in [-0.05, 0) is 40.7 Å². The molecule has 0 aliphatic rings. The number of nitrogens with two attached hydrogens (primary N) is 2. The van der Waals surface area contributed by atoms with Crippen LogP contribution in [0.4, 0.5) is 0 Å². The Balaban J connectivity index is 4.55. The molecule has 2 amide bonds. The number of primary amides is 2. The Morgan fingerprint density at radius 3 is 2.12 bits per heavy atom. The first-order valence-corrected chi connectivity index (χ1v) is 5.77. The Morgan fingerprint density at radius 1 is 1.29 bits per heavy atom. The van der Waals surface area contributed by atoms with Crippen molar-refractivity contribution in [2.75, 3.05) is 7.05 Å². The molecule has 6 heteroatoms. The molecular formula is C11H24N4O2. The Labute approximate surface area is 102 Å². The predicted octanol–water partition coefficient (Wildman–Crippen LogP) is -0.918. The predicted molar refractivity (Wildman–Crippen MR) is 67.1 cm³/mol. The first-order valence-electron chi connectivity index (χ1n) is 5.77. The summed E-state index contributed by atoms with van der Waals surface area (Å²) in [5.74, 6) is -0.852. The van der Waals surface area contributed by atoms with Crippen LogP contribution in [0.2, 0.25) is 0 Å². The Kier molecular flexibility index (Phi) is 6.12. The van der Waals surface area contributed by atoms with Crippen molar-refractivity contribution in [2.45, 2.75) is 51.2 Å². The Bertz CT molecular complexity index is 281. The Morgan fingerprint density at radius 2 is 1.82 bits per heavy atom. The van der Waals surface area contributed by atoms with Crippen molar-refractivity contribution in [1.29, 1.82) is 0 Å². The van der Waals surface area contributed by atoms with E-state index in [9.17, 15) is 9.59 Å². The van der Waals surface area contributed by atoms with Gasteiger partial charge in [-0.3, -0.25) is 9.59 Å². The van der Waals surface area contributed by atoms with Crippen molar-refractivity contribution in [3.05, 3.63) is 0 Å². The molecule has 0 aromatic heterocycles. The van der Waals surface area contributed by atoms with Crippen molar-refractivity contribution in [3.63, 3.8) is 0 Å². The molecule has 100 valence electrons. The van der Waals surface area contributed by atoms with Crippen LogP contribution >= 0.6 is 0 Å². The number of nitrogens with one attached hydrogen (secondary N) is 2. The average Bonchev–Trinajstić information content (AvgIpc) is 2.16. The molecule has 0 bridgehead atoms. The molecule has 0 rings (SSSR count). The van der Waals surface area contributed by atoms with Gasteiger partial charge < -0.3 is 22.1 Å². The van der Waals surface area contributed by atoms with E-state index in [1.165, 1.54) is 0 Å². The topological polar surface area (TPSA) is 110 Å². The summed E-state index contributed by atoms with van der Waals surface area (Å²) < 4.78 is 0. The van der Waals surface area contributed by atoms with Gasteiger partial charge in [0.25, 0.3) is 0 Å². The SMILES string of the molecule is CNC(CCC(C)(NC(C)C)C(N)=O)C(N)=O. The molecule has 2 atom stereocenters. The minimum atomic E-state index is -0.821. The smallest absolute Gasteiger partial charge is 0.237 e. The minimum absolute atomic E-state index is 0.133. The first kappa shape index (κ1) is 15.9. The van der Waals surface area contributed by atoms with Gasteiger partial charge in [-0.15, -0.1) is 0 Å². The number of rotatable bonds is 8. The van der Waals surface area contributed by atoms with Gasteiger partial charge >= 0.3 is 0 Å². The zero-order valence-corrected chi connectivity index (χ0v) is 11.0. The first-order chi connectivity index (χ1) is 7.73. The third-order valence-electron chi connectivity index (χ3n) is 2.78. The monoisotopic (exact) mass is 244 g/mol.